The number of anilines is 1. The van der Waals surface area contributed by atoms with Gasteiger partial charge in [0, 0.05) is 12.2 Å². The summed E-state index contributed by atoms with van der Waals surface area (Å²) < 4.78 is 1.90. The first kappa shape index (κ1) is 11.0. The number of hydrogen-bond acceptors (Lipinski definition) is 2. The largest absolute Gasteiger partial charge is 0.383 e. The quantitative estimate of drug-likeness (QED) is 0.883. The van der Waals surface area contributed by atoms with Gasteiger partial charge in [0.25, 0.3) is 0 Å². The van der Waals surface area contributed by atoms with Crippen LogP contribution in [-0.2, 0) is 6.54 Å². The van der Waals surface area contributed by atoms with Gasteiger partial charge in [0.2, 0.25) is 0 Å². The molecule has 0 saturated carbocycles. The van der Waals surface area contributed by atoms with Gasteiger partial charge in [-0.25, -0.2) is 0 Å². The van der Waals surface area contributed by atoms with Crippen LogP contribution in [0.1, 0.15) is 5.69 Å². The topological polar surface area (TPSA) is 29.9 Å². The Morgan fingerprint density at radius 3 is 2.69 bits per heavy atom. The highest BCUT2D eigenvalue weighted by atomic mass is 35.5. The lowest BCUT2D eigenvalue weighted by Gasteiger charge is -2.07. The molecule has 1 aromatic carbocycles. The zero-order valence-corrected chi connectivity index (χ0v) is 9.91. The number of hydrogen-bond donors (Lipinski definition) is 1. The van der Waals surface area contributed by atoms with Crippen LogP contribution in [0.4, 0.5) is 5.69 Å². The van der Waals surface area contributed by atoms with Crippen LogP contribution in [-0.4, -0.2) is 16.3 Å². The Bertz CT molecular complexity index is 451. The van der Waals surface area contributed by atoms with Crippen molar-refractivity contribution in [2.24, 2.45) is 0 Å². The lowest BCUT2D eigenvalue weighted by atomic mass is 10.3. The van der Waals surface area contributed by atoms with Crippen molar-refractivity contribution in [1.82, 2.24) is 9.78 Å². The lowest BCUT2D eigenvalue weighted by Crippen LogP contribution is -2.12. The van der Waals surface area contributed by atoms with Crippen molar-refractivity contribution in [2.75, 3.05) is 11.9 Å². The average molecular weight is 236 g/mol. The van der Waals surface area contributed by atoms with Gasteiger partial charge in [0.05, 0.1) is 23.5 Å². The van der Waals surface area contributed by atoms with Crippen LogP contribution in [0.5, 0.6) is 0 Å². The molecular weight excluding hydrogens is 222 g/mol. The van der Waals surface area contributed by atoms with Gasteiger partial charge in [0.15, 0.2) is 0 Å². The fraction of sp³-hybridized carbons (Fsp3) is 0.250. The molecule has 84 valence electrons. The molecule has 1 N–H and O–H groups in total. The number of halogens is 1. The maximum Gasteiger partial charge on any atom is 0.0814 e. The zero-order chi connectivity index (χ0) is 11.4. The highest BCUT2D eigenvalue weighted by Gasteiger charge is 2.02. The van der Waals surface area contributed by atoms with E-state index in [1.807, 2.05) is 41.9 Å². The molecule has 0 fully saturated rings. The van der Waals surface area contributed by atoms with Crippen molar-refractivity contribution in [2.45, 2.75) is 13.5 Å². The molecule has 0 unspecified atom stereocenters. The first-order chi connectivity index (χ1) is 7.77. The predicted octanol–water partition coefficient (Wildman–Crippen LogP) is 2.96. The van der Waals surface area contributed by atoms with Crippen molar-refractivity contribution < 1.29 is 0 Å². The molecule has 0 saturated heterocycles. The van der Waals surface area contributed by atoms with E-state index in [9.17, 15) is 0 Å². The van der Waals surface area contributed by atoms with Crippen molar-refractivity contribution in [1.29, 1.82) is 0 Å². The molecule has 0 bridgehead atoms. The highest BCUT2D eigenvalue weighted by Crippen LogP contribution is 2.13. The van der Waals surface area contributed by atoms with E-state index in [0.29, 0.717) is 0 Å². The maximum atomic E-state index is 5.92. The molecule has 3 nitrogen and oxygen atoms in total. The molecule has 0 aliphatic rings. The number of para-hydroxylation sites is 1. The van der Waals surface area contributed by atoms with Crippen molar-refractivity contribution >= 4 is 17.3 Å². The van der Waals surface area contributed by atoms with E-state index in [1.54, 1.807) is 6.20 Å². The van der Waals surface area contributed by atoms with Crippen LogP contribution >= 0.6 is 11.6 Å². The Morgan fingerprint density at radius 2 is 2.06 bits per heavy atom. The number of rotatable bonds is 4. The third-order valence-electron chi connectivity index (χ3n) is 2.47. The monoisotopic (exact) mass is 235 g/mol. The molecule has 0 radical (unpaired) electrons. The first-order valence-electron chi connectivity index (χ1n) is 5.24. The van der Waals surface area contributed by atoms with Gasteiger partial charge in [-0.15, -0.1) is 0 Å². The van der Waals surface area contributed by atoms with Gasteiger partial charge in [0.1, 0.15) is 0 Å². The Hall–Kier alpha value is -1.48. The molecule has 4 heteroatoms. The molecule has 0 atom stereocenters. The van der Waals surface area contributed by atoms with Gasteiger partial charge >= 0.3 is 0 Å². The second-order valence-electron chi connectivity index (χ2n) is 3.59. The number of nitrogens with zero attached hydrogens (tertiary/aromatic N) is 2. The molecule has 16 heavy (non-hydrogen) atoms. The molecule has 2 aromatic rings. The van der Waals surface area contributed by atoms with Gasteiger partial charge in [-0.05, 0) is 19.1 Å². The van der Waals surface area contributed by atoms with Gasteiger partial charge in [-0.2, -0.15) is 5.10 Å². The Kier molecular flexibility index (Phi) is 3.47. The van der Waals surface area contributed by atoms with Gasteiger partial charge < -0.3 is 5.32 Å². The fourth-order valence-corrected chi connectivity index (χ4v) is 1.65. The SMILES string of the molecule is Cc1c(Cl)cnn1CCNc1ccccc1. The van der Waals surface area contributed by atoms with E-state index in [0.717, 1.165) is 29.5 Å². The van der Waals surface area contributed by atoms with E-state index in [2.05, 4.69) is 10.4 Å². The summed E-state index contributed by atoms with van der Waals surface area (Å²) in [6, 6.07) is 10.1. The third-order valence-corrected chi connectivity index (χ3v) is 2.84. The summed E-state index contributed by atoms with van der Waals surface area (Å²) in [6.07, 6.45) is 1.68. The number of aromatic nitrogens is 2. The molecule has 0 aliphatic heterocycles. The minimum atomic E-state index is 0.722. The minimum absolute atomic E-state index is 0.722. The smallest absolute Gasteiger partial charge is 0.0814 e. The minimum Gasteiger partial charge on any atom is -0.383 e. The fourth-order valence-electron chi connectivity index (χ4n) is 1.51. The molecule has 1 aromatic heterocycles. The van der Waals surface area contributed by atoms with Crippen LogP contribution in [0.15, 0.2) is 36.5 Å². The van der Waals surface area contributed by atoms with Crippen LogP contribution in [0, 0.1) is 6.92 Å². The Morgan fingerprint density at radius 1 is 1.31 bits per heavy atom. The summed E-state index contributed by atoms with van der Waals surface area (Å²) in [7, 11) is 0. The van der Waals surface area contributed by atoms with Crippen LogP contribution in [0.2, 0.25) is 5.02 Å². The van der Waals surface area contributed by atoms with Crippen LogP contribution in [0.3, 0.4) is 0 Å². The summed E-state index contributed by atoms with van der Waals surface area (Å²) in [6.45, 7) is 3.62. The van der Waals surface area contributed by atoms with E-state index < -0.39 is 0 Å². The average Bonchev–Trinajstić information content (AvgIpc) is 2.62. The predicted molar refractivity (Wildman–Crippen MR) is 66.9 cm³/mol. The van der Waals surface area contributed by atoms with E-state index in [1.165, 1.54) is 0 Å². The lowest BCUT2D eigenvalue weighted by molar-refractivity contribution is 0.620. The molecule has 1 heterocycles. The van der Waals surface area contributed by atoms with Crippen LogP contribution in [0.25, 0.3) is 0 Å². The molecule has 0 amide bonds. The van der Waals surface area contributed by atoms with E-state index >= 15 is 0 Å². The standard InChI is InChI=1S/C12H14ClN3/c1-10-12(13)9-15-16(10)8-7-14-11-5-3-2-4-6-11/h2-6,9,14H,7-8H2,1H3. The summed E-state index contributed by atoms with van der Waals surface area (Å²) in [4.78, 5) is 0. The summed E-state index contributed by atoms with van der Waals surface area (Å²) >= 11 is 5.92. The summed E-state index contributed by atoms with van der Waals surface area (Å²) in [5.41, 5.74) is 2.13. The van der Waals surface area contributed by atoms with E-state index in [-0.39, 0.29) is 0 Å². The Labute approximate surface area is 100 Å². The highest BCUT2D eigenvalue weighted by molar-refractivity contribution is 6.31. The van der Waals surface area contributed by atoms with Crippen molar-refractivity contribution in [3.05, 3.63) is 47.2 Å². The second-order valence-corrected chi connectivity index (χ2v) is 4.00. The van der Waals surface area contributed by atoms with E-state index in [4.69, 9.17) is 11.6 Å². The summed E-state index contributed by atoms with van der Waals surface area (Å²) in [5, 5.41) is 8.24. The maximum absolute atomic E-state index is 5.92. The van der Waals surface area contributed by atoms with Gasteiger partial charge in [-0.1, -0.05) is 29.8 Å². The normalized spacial score (nSPS) is 10.4. The molecule has 0 spiro atoms. The van der Waals surface area contributed by atoms with Gasteiger partial charge in [-0.3, -0.25) is 4.68 Å². The first-order valence-corrected chi connectivity index (χ1v) is 5.62. The molecule has 0 aliphatic carbocycles. The number of nitrogens with one attached hydrogen (secondary N) is 1. The third kappa shape index (κ3) is 2.55. The van der Waals surface area contributed by atoms with Crippen molar-refractivity contribution in [3.63, 3.8) is 0 Å². The van der Waals surface area contributed by atoms with Crippen molar-refractivity contribution in [3.8, 4) is 0 Å². The summed E-state index contributed by atoms with van der Waals surface area (Å²) in [5.74, 6) is 0. The molecule has 2 rings (SSSR count). The zero-order valence-electron chi connectivity index (χ0n) is 9.15. The molecular formula is C12H14ClN3. The number of benzene rings is 1. The second kappa shape index (κ2) is 5.03. The Balaban J connectivity index is 1.87. The van der Waals surface area contributed by atoms with Crippen LogP contribution < -0.4 is 5.32 Å².